The fourth-order valence-corrected chi connectivity index (χ4v) is 2.18. The number of halogens is 1. The Morgan fingerprint density at radius 3 is 2.65 bits per heavy atom. The van der Waals surface area contributed by atoms with Crippen LogP contribution in [0.3, 0.4) is 0 Å². The average Bonchev–Trinajstić information content (AvgIpc) is 2.76. The molecule has 2 aromatic carbocycles. The Kier molecular flexibility index (Phi) is 2.57. The van der Waals surface area contributed by atoms with E-state index in [-0.39, 0.29) is 0 Å². The van der Waals surface area contributed by atoms with Crippen LogP contribution in [0.5, 0.6) is 0 Å². The van der Waals surface area contributed by atoms with Gasteiger partial charge in [-0.2, -0.15) is 5.10 Å². The van der Waals surface area contributed by atoms with Crippen LogP contribution in [0.25, 0.3) is 10.9 Å². The molecule has 0 aliphatic heterocycles. The zero-order chi connectivity index (χ0) is 11.7. The van der Waals surface area contributed by atoms with Crippen molar-refractivity contribution in [1.29, 1.82) is 0 Å². The van der Waals surface area contributed by atoms with Crippen molar-refractivity contribution in [2.24, 2.45) is 0 Å². The third-order valence-electron chi connectivity index (χ3n) is 2.87. The van der Waals surface area contributed by atoms with Crippen molar-refractivity contribution in [2.75, 3.05) is 0 Å². The zero-order valence-electron chi connectivity index (χ0n) is 9.15. The standard InChI is InChI=1S/C14H11ClN2/c15-12-7-3-1-5-10(12)9-14-11-6-2-4-8-13(11)16-17-14/h1-8H,9H2,(H,16,17). The molecule has 0 bridgehead atoms. The van der Waals surface area contributed by atoms with E-state index in [0.29, 0.717) is 0 Å². The molecule has 0 unspecified atom stereocenters. The molecule has 0 radical (unpaired) electrons. The number of para-hydroxylation sites is 1. The molecule has 1 heterocycles. The molecule has 1 aromatic heterocycles. The first kappa shape index (κ1) is 10.4. The summed E-state index contributed by atoms with van der Waals surface area (Å²) in [6.45, 7) is 0. The number of nitrogens with one attached hydrogen (secondary N) is 1. The van der Waals surface area contributed by atoms with E-state index in [1.807, 2.05) is 42.5 Å². The number of aromatic amines is 1. The second-order valence-corrected chi connectivity index (χ2v) is 4.39. The first-order valence-corrected chi connectivity index (χ1v) is 5.88. The van der Waals surface area contributed by atoms with Crippen LogP contribution < -0.4 is 0 Å². The van der Waals surface area contributed by atoms with Gasteiger partial charge in [0.2, 0.25) is 0 Å². The maximum absolute atomic E-state index is 6.16. The van der Waals surface area contributed by atoms with Crippen molar-refractivity contribution < 1.29 is 0 Å². The van der Waals surface area contributed by atoms with E-state index in [9.17, 15) is 0 Å². The van der Waals surface area contributed by atoms with Gasteiger partial charge in [0.25, 0.3) is 0 Å². The second-order valence-electron chi connectivity index (χ2n) is 3.99. The van der Waals surface area contributed by atoms with Crippen LogP contribution in [0.1, 0.15) is 11.3 Å². The Bertz CT molecular complexity index is 658. The Balaban J connectivity index is 2.03. The molecule has 0 aliphatic rings. The van der Waals surface area contributed by atoms with Crippen LogP contribution in [-0.2, 0) is 6.42 Å². The van der Waals surface area contributed by atoms with Gasteiger partial charge in [0.05, 0.1) is 5.52 Å². The maximum Gasteiger partial charge on any atom is 0.0923 e. The fourth-order valence-electron chi connectivity index (χ4n) is 1.98. The number of benzene rings is 2. The summed E-state index contributed by atoms with van der Waals surface area (Å²) in [4.78, 5) is 0. The van der Waals surface area contributed by atoms with Gasteiger partial charge in [-0.25, -0.2) is 0 Å². The highest BCUT2D eigenvalue weighted by atomic mass is 35.5. The molecule has 3 rings (SSSR count). The van der Waals surface area contributed by atoms with Gasteiger partial charge >= 0.3 is 0 Å². The SMILES string of the molecule is Clc1ccccc1Cc1[nH]nc2ccccc12. The first-order valence-electron chi connectivity index (χ1n) is 5.50. The minimum Gasteiger partial charge on any atom is -0.281 e. The van der Waals surface area contributed by atoms with Crippen molar-refractivity contribution in [1.82, 2.24) is 10.2 Å². The summed E-state index contributed by atoms with van der Waals surface area (Å²) in [7, 11) is 0. The quantitative estimate of drug-likeness (QED) is 0.727. The molecule has 0 saturated carbocycles. The molecule has 2 nitrogen and oxygen atoms in total. The lowest BCUT2D eigenvalue weighted by Crippen LogP contribution is -1.90. The number of fused-ring (bicyclic) bond motifs is 1. The van der Waals surface area contributed by atoms with E-state index in [1.165, 1.54) is 0 Å². The van der Waals surface area contributed by atoms with Crippen LogP contribution in [0.4, 0.5) is 0 Å². The minimum absolute atomic E-state index is 0.778. The summed E-state index contributed by atoms with van der Waals surface area (Å²) in [5.74, 6) is 0. The van der Waals surface area contributed by atoms with Crippen molar-refractivity contribution >= 4 is 22.5 Å². The Morgan fingerprint density at radius 2 is 1.76 bits per heavy atom. The Morgan fingerprint density at radius 1 is 1.00 bits per heavy atom. The lowest BCUT2D eigenvalue weighted by molar-refractivity contribution is 1.01. The van der Waals surface area contributed by atoms with Gasteiger partial charge < -0.3 is 0 Å². The Labute approximate surface area is 104 Å². The highest BCUT2D eigenvalue weighted by molar-refractivity contribution is 6.31. The molecule has 0 fully saturated rings. The first-order chi connectivity index (χ1) is 8.34. The van der Waals surface area contributed by atoms with E-state index in [1.54, 1.807) is 0 Å². The van der Waals surface area contributed by atoms with Gasteiger partial charge in [-0.3, -0.25) is 5.10 Å². The van der Waals surface area contributed by atoms with Crippen molar-refractivity contribution in [3.63, 3.8) is 0 Å². The van der Waals surface area contributed by atoms with Crippen LogP contribution in [0.2, 0.25) is 5.02 Å². The number of aromatic nitrogens is 2. The van der Waals surface area contributed by atoms with E-state index in [2.05, 4.69) is 16.3 Å². The van der Waals surface area contributed by atoms with E-state index >= 15 is 0 Å². The monoisotopic (exact) mass is 242 g/mol. The summed E-state index contributed by atoms with van der Waals surface area (Å²) in [5, 5.41) is 9.31. The lowest BCUT2D eigenvalue weighted by atomic mass is 10.1. The molecular weight excluding hydrogens is 232 g/mol. The van der Waals surface area contributed by atoms with E-state index in [0.717, 1.165) is 33.6 Å². The van der Waals surface area contributed by atoms with Gasteiger partial charge in [0, 0.05) is 22.5 Å². The fraction of sp³-hybridized carbons (Fsp3) is 0.0714. The van der Waals surface area contributed by atoms with Crippen molar-refractivity contribution in [3.8, 4) is 0 Å². The third kappa shape index (κ3) is 1.92. The summed E-state index contributed by atoms with van der Waals surface area (Å²) in [5.41, 5.74) is 3.21. The number of H-pyrrole nitrogens is 1. The van der Waals surface area contributed by atoms with Crippen LogP contribution in [0.15, 0.2) is 48.5 Å². The highest BCUT2D eigenvalue weighted by Crippen LogP contribution is 2.22. The number of nitrogens with zero attached hydrogens (tertiary/aromatic N) is 1. The largest absolute Gasteiger partial charge is 0.281 e. The lowest BCUT2D eigenvalue weighted by Gasteiger charge is -2.02. The van der Waals surface area contributed by atoms with Gasteiger partial charge in [-0.05, 0) is 17.7 Å². The van der Waals surface area contributed by atoms with Crippen LogP contribution >= 0.6 is 11.6 Å². The predicted octanol–water partition coefficient (Wildman–Crippen LogP) is 3.81. The summed E-state index contributed by atoms with van der Waals surface area (Å²) >= 11 is 6.16. The molecular formula is C14H11ClN2. The highest BCUT2D eigenvalue weighted by Gasteiger charge is 2.07. The third-order valence-corrected chi connectivity index (χ3v) is 3.23. The number of rotatable bonds is 2. The van der Waals surface area contributed by atoms with Crippen LogP contribution in [0, 0.1) is 0 Å². The molecule has 0 aliphatic carbocycles. The van der Waals surface area contributed by atoms with Gasteiger partial charge in [-0.15, -0.1) is 0 Å². The summed E-state index contributed by atoms with van der Waals surface area (Å²) in [6, 6.07) is 16.0. The van der Waals surface area contributed by atoms with E-state index < -0.39 is 0 Å². The Hall–Kier alpha value is -1.80. The number of hydrogen-bond donors (Lipinski definition) is 1. The van der Waals surface area contributed by atoms with Crippen LogP contribution in [-0.4, -0.2) is 10.2 Å². The average molecular weight is 243 g/mol. The molecule has 17 heavy (non-hydrogen) atoms. The topological polar surface area (TPSA) is 28.7 Å². The molecule has 84 valence electrons. The molecule has 0 atom stereocenters. The van der Waals surface area contributed by atoms with Crippen molar-refractivity contribution in [3.05, 3.63) is 64.8 Å². The predicted molar refractivity (Wildman–Crippen MR) is 70.4 cm³/mol. The number of hydrogen-bond acceptors (Lipinski definition) is 1. The molecule has 3 aromatic rings. The van der Waals surface area contributed by atoms with Crippen molar-refractivity contribution in [2.45, 2.75) is 6.42 Å². The van der Waals surface area contributed by atoms with Gasteiger partial charge in [-0.1, -0.05) is 48.0 Å². The molecule has 0 amide bonds. The minimum atomic E-state index is 0.778. The molecule has 1 N–H and O–H groups in total. The summed E-state index contributed by atoms with van der Waals surface area (Å²) < 4.78 is 0. The second kappa shape index (κ2) is 4.22. The normalized spacial score (nSPS) is 10.9. The smallest absolute Gasteiger partial charge is 0.0923 e. The molecule has 0 saturated heterocycles. The summed E-state index contributed by atoms with van der Waals surface area (Å²) in [6.07, 6.45) is 0.778. The van der Waals surface area contributed by atoms with E-state index in [4.69, 9.17) is 11.6 Å². The van der Waals surface area contributed by atoms with Gasteiger partial charge in [0.1, 0.15) is 0 Å². The van der Waals surface area contributed by atoms with Gasteiger partial charge in [0.15, 0.2) is 0 Å². The molecule has 0 spiro atoms. The molecule has 3 heteroatoms. The maximum atomic E-state index is 6.16. The zero-order valence-corrected chi connectivity index (χ0v) is 9.91.